The zero-order valence-electron chi connectivity index (χ0n) is 6.28. The Morgan fingerprint density at radius 3 is 2.58 bits per heavy atom. The third kappa shape index (κ3) is 1.53. The second kappa shape index (κ2) is 2.71. The second-order valence-electron chi connectivity index (χ2n) is 2.29. The molecule has 1 aromatic rings. The van der Waals surface area contributed by atoms with E-state index in [1.54, 1.807) is 0 Å². The van der Waals surface area contributed by atoms with Crippen LogP contribution in [0, 0.1) is 5.82 Å². The summed E-state index contributed by atoms with van der Waals surface area (Å²) in [5.74, 6) is -0.986. The Bertz CT molecular complexity index is 402. The molecular weight excluding hydrogens is 183 g/mol. The molecule has 1 rings (SSSR count). The van der Waals surface area contributed by atoms with Crippen LogP contribution in [0.3, 0.4) is 0 Å². The molecule has 12 heavy (non-hydrogen) atoms. The van der Waals surface area contributed by atoms with Gasteiger partial charge in [-0.05, 0) is 6.07 Å². The maximum Gasteiger partial charge on any atom is 0.195 e. The zero-order valence-corrected chi connectivity index (χ0v) is 7.10. The number of rotatable bonds is 1. The van der Waals surface area contributed by atoms with Gasteiger partial charge < -0.3 is 5.73 Å². The second-order valence-corrected chi connectivity index (χ2v) is 4.22. The number of anilines is 1. The van der Waals surface area contributed by atoms with E-state index in [0.717, 1.165) is 12.5 Å². The summed E-state index contributed by atoms with van der Waals surface area (Å²) in [5.41, 5.74) is 4.92. The van der Waals surface area contributed by atoms with E-state index in [1.807, 2.05) is 0 Å². The van der Waals surface area contributed by atoms with Crippen LogP contribution in [0.2, 0.25) is 0 Å². The number of sulfone groups is 1. The summed E-state index contributed by atoms with van der Waals surface area (Å²) >= 11 is 0. The van der Waals surface area contributed by atoms with Crippen LogP contribution < -0.4 is 5.73 Å². The SMILES string of the molecule is CS(=O)(=O)c1nccc(N)c1F. The summed E-state index contributed by atoms with van der Waals surface area (Å²) in [6.45, 7) is 0. The minimum atomic E-state index is -3.62. The highest BCUT2D eigenvalue weighted by molar-refractivity contribution is 7.90. The third-order valence-electron chi connectivity index (χ3n) is 1.24. The Morgan fingerprint density at radius 2 is 2.17 bits per heavy atom. The molecule has 0 spiro atoms. The molecule has 66 valence electrons. The van der Waals surface area contributed by atoms with Gasteiger partial charge in [-0.25, -0.2) is 17.8 Å². The average Bonchev–Trinajstić information content (AvgIpc) is 1.92. The average molecular weight is 190 g/mol. The van der Waals surface area contributed by atoms with Crippen LogP contribution in [0.25, 0.3) is 0 Å². The number of nitrogens with two attached hydrogens (primary N) is 1. The van der Waals surface area contributed by atoms with E-state index in [2.05, 4.69) is 4.98 Å². The fourth-order valence-electron chi connectivity index (χ4n) is 0.697. The summed E-state index contributed by atoms with van der Waals surface area (Å²) < 4.78 is 34.6. The Kier molecular flexibility index (Phi) is 2.01. The van der Waals surface area contributed by atoms with Gasteiger partial charge in [0.05, 0.1) is 5.69 Å². The molecule has 0 saturated heterocycles. The van der Waals surface area contributed by atoms with Gasteiger partial charge in [0.25, 0.3) is 0 Å². The highest BCUT2D eigenvalue weighted by Crippen LogP contribution is 2.15. The molecule has 1 heterocycles. The van der Waals surface area contributed by atoms with E-state index >= 15 is 0 Å². The van der Waals surface area contributed by atoms with E-state index in [-0.39, 0.29) is 5.69 Å². The molecule has 6 heteroatoms. The number of nitrogens with zero attached hydrogens (tertiary/aromatic N) is 1. The lowest BCUT2D eigenvalue weighted by Gasteiger charge is -2.00. The number of nitrogen functional groups attached to an aromatic ring is 1. The molecule has 1 aromatic heterocycles. The van der Waals surface area contributed by atoms with E-state index in [1.165, 1.54) is 6.07 Å². The fraction of sp³-hybridized carbons (Fsp3) is 0.167. The molecule has 0 aliphatic rings. The molecule has 0 saturated carbocycles. The topological polar surface area (TPSA) is 73.0 Å². The molecule has 0 bridgehead atoms. The van der Waals surface area contributed by atoms with Crippen LogP contribution in [0.5, 0.6) is 0 Å². The molecule has 0 aliphatic carbocycles. The van der Waals surface area contributed by atoms with Crippen molar-refractivity contribution in [3.05, 3.63) is 18.1 Å². The van der Waals surface area contributed by atoms with Gasteiger partial charge in [-0.2, -0.15) is 0 Å². The monoisotopic (exact) mass is 190 g/mol. The van der Waals surface area contributed by atoms with Gasteiger partial charge in [0, 0.05) is 12.5 Å². The van der Waals surface area contributed by atoms with Crippen LogP contribution in [-0.2, 0) is 9.84 Å². The lowest BCUT2D eigenvalue weighted by molar-refractivity contribution is 0.560. The number of halogens is 1. The first-order chi connectivity index (χ1) is 5.43. The quantitative estimate of drug-likeness (QED) is 0.686. The van der Waals surface area contributed by atoms with Crippen molar-refractivity contribution in [2.24, 2.45) is 0 Å². The van der Waals surface area contributed by atoms with Gasteiger partial charge in [-0.15, -0.1) is 0 Å². The largest absolute Gasteiger partial charge is 0.396 e. The van der Waals surface area contributed by atoms with Crippen molar-refractivity contribution < 1.29 is 12.8 Å². The first-order valence-corrected chi connectivity index (χ1v) is 4.92. The molecule has 0 aliphatic heterocycles. The van der Waals surface area contributed by atoms with Gasteiger partial charge in [-0.1, -0.05) is 0 Å². The summed E-state index contributed by atoms with van der Waals surface area (Å²) in [6, 6.07) is 1.20. The number of hydrogen-bond acceptors (Lipinski definition) is 4. The van der Waals surface area contributed by atoms with Crippen molar-refractivity contribution in [3.8, 4) is 0 Å². The minimum absolute atomic E-state index is 0.217. The highest BCUT2D eigenvalue weighted by atomic mass is 32.2. The lowest BCUT2D eigenvalue weighted by Crippen LogP contribution is -2.06. The summed E-state index contributed by atoms with van der Waals surface area (Å²) in [6.07, 6.45) is 2.02. The molecular formula is C6H7FN2O2S. The fourth-order valence-corrected chi connectivity index (χ4v) is 1.39. The number of hydrogen-bond donors (Lipinski definition) is 1. The predicted molar refractivity (Wildman–Crippen MR) is 41.7 cm³/mol. The highest BCUT2D eigenvalue weighted by Gasteiger charge is 2.16. The Labute approximate surface area is 69.1 Å². The van der Waals surface area contributed by atoms with Crippen molar-refractivity contribution in [2.75, 3.05) is 12.0 Å². The summed E-state index contributed by atoms with van der Waals surface area (Å²) in [4.78, 5) is 3.37. The molecule has 0 radical (unpaired) electrons. The standard InChI is InChI=1S/C6H7FN2O2S/c1-12(10,11)6-5(7)4(8)2-3-9-6/h2-3H,1H3,(H2,8,9). The predicted octanol–water partition coefficient (Wildman–Crippen LogP) is 0.206. The van der Waals surface area contributed by atoms with Crippen LogP contribution in [0.15, 0.2) is 17.3 Å². The zero-order chi connectivity index (χ0) is 9.35. The van der Waals surface area contributed by atoms with E-state index in [9.17, 15) is 12.8 Å². The molecule has 0 atom stereocenters. The normalized spacial score (nSPS) is 11.5. The van der Waals surface area contributed by atoms with Crippen LogP contribution >= 0.6 is 0 Å². The summed E-state index contributed by atoms with van der Waals surface area (Å²) in [5, 5.41) is -0.609. The molecule has 4 nitrogen and oxygen atoms in total. The Hall–Kier alpha value is -1.17. The molecule has 0 aromatic carbocycles. The Morgan fingerprint density at radius 1 is 1.58 bits per heavy atom. The summed E-state index contributed by atoms with van der Waals surface area (Å²) in [7, 11) is -3.62. The van der Waals surface area contributed by atoms with E-state index in [4.69, 9.17) is 5.73 Å². The van der Waals surface area contributed by atoms with Crippen molar-refractivity contribution in [2.45, 2.75) is 5.03 Å². The van der Waals surface area contributed by atoms with Gasteiger partial charge in [0.15, 0.2) is 20.7 Å². The molecule has 0 unspecified atom stereocenters. The molecule has 2 N–H and O–H groups in total. The maximum absolute atomic E-state index is 12.9. The third-order valence-corrected chi connectivity index (χ3v) is 2.23. The van der Waals surface area contributed by atoms with Gasteiger partial charge in [0.1, 0.15) is 0 Å². The van der Waals surface area contributed by atoms with Gasteiger partial charge in [-0.3, -0.25) is 0 Å². The first kappa shape index (κ1) is 8.92. The first-order valence-electron chi connectivity index (χ1n) is 3.03. The van der Waals surface area contributed by atoms with Crippen LogP contribution in [0.1, 0.15) is 0 Å². The van der Waals surface area contributed by atoms with E-state index in [0.29, 0.717) is 0 Å². The van der Waals surface area contributed by atoms with Crippen LogP contribution in [-0.4, -0.2) is 19.7 Å². The van der Waals surface area contributed by atoms with Crippen molar-refractivity contribution in [3.63, 3.8) is 0 Å². The minimum Gasteiger partial charge on any atom is -0.396 e. The smallest absolute Gasteiger partial charge is 0.195 e. The molecule has 0 fully saturated rings. The van der Waals surface area contributed by atoms with Gasteiger partial charge in [0.2, 0.25) is 0 Å². The lowest BCUT2D eigenvalue weighted by atomic mass is 10.4. The number of pyridine rings is 1. The number of aromatic nitrogens is 1. The maximum atomic E-state index is 12.9. The van der Waals surface area contributed by atoms with Crippen molar-refractivity contribution in [1.29, 1.82) is 0 Å². The van der Waals surface area contributed by atoms with E-state index < -0.39 is 20.7 Å². The Balaban J connectivity index is 3.47. The van der Waals surface area contributed by atoms with Crippen molar-refractivity contribution >= 4 is 15.5 Å². The molecule has 0 amide bonds. The van der Waals surface area contributed by atoms with Crippen molar-refractivity contribution in [1.82, 2.24) is 4.98 Å². The van der Waals surface area contributed by atoms with Gasteiger partial charge >= 0.3 is 0 Å². The van der Waals surface area contributed by atoms with Crippen LogP contribution in [0.4, 0.5) is 10.1 Å².